The summed E-state index contributed by atoms with van der Waals surface area (Å²) in [6, 6.07) is -0.427. The third-order valence-electron chi connectivity index (χ3n) is 3.13. The number of alkyl halides is 3. The Labute approximate surface area is 125 Å². The van der Waals surface area contributed by atoms with Crippen LogP contribution in [0.2, 0.25) is 0 Å². The number of rotatable bonds is 6. The number of anilines is 1. The summed E-state index contributed by atoms with van der Waals surface area (Å²) in [7, 11) is 0. The zero-order valence-electron chi connectivity index (χ0n) is 12.4. The fourth-order valence-electron chi connectivity index (χ4n) is 1.79. The Balaban J connectivity index is 3.24. The van der Waals surface area contributed by atoms with Crippen molar-refractivity contribution < 1.29 is 23.1 Å². The predicted molar refractivity (Wildman–Crippen MR) is 76.3 cm³/mol. The molecule has 0 spiro atoms. The van der Waals surface area contributed by atoms with Gasteiger partial charge in [0.1, 0.15) is 11.4 Å². The van der Waals surface area contributed by atoms with Gasteiger partial charge < -0.3 is 10.0 Å². The zero-order valence-corrected chi connectivity index (χ0v) is 13.2. The summed E-state index contributed by atoms with van der Waals surface area (Å²) in [6.07, 6.45) is -3.69. The molecule has 1 atom stereocenters. The van der Waals surface area contributed by atoms with Crippen LogP contribution in [0.25, 0.3) is 0 Å². The lowest BCUT2D eigenvalue weighted by molar-refractivity contribution is -0.120. The van der Waals surface area contributed by atoms with E-state index in [1.165, 1.54) is 0 Å². The maximum atomic E-state index is 12.7. The molecule has 4 nitrogen and oxygen atoms in total. The van der Waals surface area contributed by atoms with E-state index in [4.69, 9.17) is 0 Å². The summed E-state index contributed by atoms with van der Waals surface area (Å²) in [5, 5.41) is 9.31. The lowest BCUT2D eigenvalue weighted by atomic mass is 10.0. The number of carbonyl (C=O) groups is 1. The van der Waals surface area contributed by atoms with E-state index in [9.17, 15) is 23.1 Å². The van der Waals surface area contributed by atoms with E-state index in [2.05, 4.69) is 4.98 Å². The highest BCUT2D eigenvalue weighted by Crippen LogP contribution is 2.34. The molecule has 0 fully saturated rings. The number of carboxylic acids is 1. The lowest BCUT2D eigenvalue weighted by Crippen LogP contribution is -2.39. The third-order valence-corrected chi connectivity index (χ3v) is 4.23. The van der Waals surface area contributed by atoms with Crippen molar-refractivity contribution in [3.05, 3.63) is 10.6 Å². The maximum Gasteiger partial charge on any atom is 0.406 e. The first-order valence-electron chi connectivity index (χ1n) is 6.64. The molecule has 1 aromatic rings. The van der Waals surface area contributed by atoms with Gasteiger partial charge in [-0.25, -0.2) is 9.78 Å². The SMILES string of the molecule is CCC(C)c1nc(N(CC(F)(F)F)C(C)C)sc1C(=O)O. The molecule has 0 radical (unpaired) electrons. The van der Waals surface area contributed by atoms with Gasteiger partial charge in [-0.1, -0.05) is 25.2 Å². The second kappa shape index (κ2) is 6.64. The number of aromatic nitrogens is 1. The minimum atomic E-state index is -4.37. The normalized spacial score (nSPS) is 13.5. The van der Waals surface area contributed by atoms with Gasteiger partial charge in [0.15, 0.2) is 5.13 Å². The lowest BCUT2D eigenvalue weighted by Gasteiger charge is -2.27. The van der Waals surface area contributed by atoms with Crippen LogP contribution in [0.3, 0.4) is 0 Å². The van der Waals surface area contributed by atoms with Crippen molar-refractivity contribution in [2.75, 3.05) is 11.4 Å². The predicted octanol–water partition coefficient (Wildman–Crippen LogP) is 4.13. The van der Waals surface area contributed by atoms with E-state index in [1.807, 2.05) is 13.8 Å². The molecular weight excluding hydrogens is 305 g/mol. The van der Waals surface area contributed by atoms with Crippen molar-refractivity contribution in [1.82, 2.24) is 4.98 Å². The molecule has 8 heteroatoms. The minimum absolute atomic E-state index is 0.0205. The molecule has 1 N–H and O–H groups in total. The maximum absolute atomic E-state index is 12.7. The van der Waals surface area contributed by atoms with Crippen LogP contribution >= 0.6 is 11.3 Å². The molecule has 1 aromatic heterocycles. The smallest absolute Gasteiger partial charge is 0.406 e. The average molecular weight is 324 g/mol. The highest BCUT2D eigenvalue weighted by Gasteiger charge is 2.34. The van der Waals surface area contributed by atoms with E-state index < -0.39 is 24.7 Å². The number of hydrogen-bond acceptors (Lipinski definition) is 4. The van der Waals surface area contributed by atoms with Crippen molar-refractivity contribution >= 4 is 22.4 Å². The van der Waals surface area contributed by atoms with E-state index in [1.54, 1.807) is 13.8 Å². The fraction of sp³-hybridized carbons (Fsp3) is 0.692. The molecule has 0 saturated carbocycles. The van der Waals surface area contributed by atoms with Crippen LogP contribution in [0.15, 0.2) is 0 Å². The number of aromatic carboxylic acids is 1. The van der Waals surface area contributed by atoms with E-state index in [0.29, 0.717) is 12.1 Å². The molecule has 120 valence electrons. The van der Waals surface area contributed by atoms with Crippen LogP contribution in [-0.4, -0.2) is 34.8 Å². The van der Waals surface area contributed by atoms with E-state index >= 15 is 0 Å². The monoisotopic (exact) mass is 324 g/mol. The molecule has 1 unspecified atom stereocenters. The number of carboxylic acid groups (broad SMARTS) is 1. The van der Waals surface area contributed by atoms with Gasteiger partial charge in [0.05, 0.1) is 5.69 Å². The summed E-state index contributed by atoms with van der Waals surface area (Å²) in [6.45, 7) is 5.80. The van der Waals surface area contributed by atoms with Gasteiger partial charge in [0, 0.05) is 6.04 Å². The number of hydrogen-bond donors (Lipinski definition) is 1. The van der Waals surface area contributed by atoms with Gasteiger partial charge in [-0.3, -0.25) is 0 Å². The van der Waals surface area contributed by atoms with E-state index in [0.717, 1.165) is 16.2 Å². The zero-order chi connectivity index (χ0) is 16.4. The molecule has 0 bridgehead atoms. The van der Waals surface area contributed by atoms with Gasteiger partial charge in [-0.2, -0.15) is 13.2 Å². The van der Waals surface area contributed by atoms with Crippen molar-refractivity contribution in [1.29, 1.82) is 0 Å². The molecule has 0 amide bonds. The first-order valence-corrected chi connectivity index (χ1v) is 7.45. The van der Waals surface area contributed by atoms with Crippen LogP contribution in [0.4, 0.5) is 18.3 Å². The highest BCUT2D eigenvalue weighted by molar-refractivity contribution is 7.17. The second-order valence-electron chi connectivity index (χ2n) is 5.16. The van der Waals surface area contributed by atoms with Gasteiger partial charge in [0.25, 0.3) is 0 Å². The van der Waals surface area contributed by atoms with Crippen LogP contribution in [-0.2, 0) is 0 Å². The molecule has 0 aliphatic heterocycles. The largest absolute Gasteiger partial charge is 0.477 e. The fourth-order valence-corrected chi connectivity index (χ4v) is 2.95. The summed E-state index contributed by atoms with van der Waals surface area (Å²) in [4.78, 5) is 16.5. The van der Waals surface area contributed by atoms with Gasteiger partial charge in [-0.05, 0) is 26.2 Å². The summed E-state index contributed by atoms with van der Waals surface area (Å²) in [5.74, 6) is -1.26. The van der Waals surface area contributed by atoms with Crippen LogP contribution in [0.5, 0.6) is 0 Å². The number of halogens is 3. The van der Waals surface area contributed by atoms with Crippen LogP contribution in [0, 0.1) is 0 Å². The molecular formula is C13H19F3N2O2S. The van der Waals surface area contributed by atoms with Gasteiger partial charge in [0.2, 0.25) is 0 Å². The average Bonchev–Trinajstić information content (AvgIpc) is 2.78. The molecule has 0 aromatic carbocycles. The highest BCUT2D eigenvalue weighted by atomic mass is 32.1. The quantitative estimate of drug-likeness (QED) is 0.855. The first-order chi connectivity index (χ1) is 9.56. The van der Waals surface area contributed by atoms with Crippen molar-refractivity contribution in [2.45, 2.75) is 52.3 Å². The van der Waals surface area contributed by atoms with E-state index in [-0.39, 0.29) is 15.9 Å². The van der Waals surface area contributed by atoms with Crippen LogP contribution in [0.1, 0.15) is 55.4 Å². The van der Waals surface area contributed by atoms with Crippen molar-refractivity contribution in [3.63, 3.8) is 0 Å². The molecule has 0 aliphatic carbocycles. The molecule has 21 heavy (non-hydrogen) atoms. The molecule has 1 heterocycles. The summed E-state index contributed by atoms with van der Waals surface area (Å²) >= 11 is 0.804. The Morgan fingerprint density at radius 2 is 1.95 bits per heavy atom. The number of thiazole rings is 1. The first kappa shape index (κ1) is 17.7. The van der Waals surface area contributed by atoms with Gasteiger partial charge >= 0.3 is 12.1 Å². The Morgan fingerprint density at radius 1 is 1.38 bits per heavy atom. The Morgan fingerprint density at radius 3 is 2.33 bits per heavy atom. The molecule has 1 rings (SSSR count). The number of nitrogens with zero attached hydrogens (tertiary/aromatic N) is 2. The minimum Gasteiger partial charge on any atom is -0.477 e. The Hall–Kier alpha value is -1.31. The van der Waals surface area contributed by atoms with Crippen molar-refractivity contribution in [3.8, 4) is 0 Å². The molecule has 0 aliphatic rings. The standard InChI is InChI=1S/C13H19F3N2O2S/c1-5-8(4)9-10(11(19)20)21-12(17-9)18(7(2)3)6-13(14,15)16/h7-8H,5-6H2,1-4H3,(H,19,20). The Kier molecular flexibility index (Phi) is 5.61. The van der Waals surface area contributed by atoms with Gasteiger partial charge in [-0.15, -0.1) is 0 Å². The second-order valence-corrected chi connectivity index (χ2v) is 6.14. The van der Waals surface area contributed by atoms with Crippen molar-refractivity contribution in [2.24, 2.45) is 0 Å². The third kappa shape index (κ3) is 4.59. The van der Waals surface area contributed by atoms with Crippen LogP contribution < -0.4 is 4.90 Å². The molecule has 0 saturated heterocycles. The summed E-state index contributed by atoms with van der Waals surface area (Å²) < 4.78 is 38.0. The topological polar surface area (TPSA) is 53.4 Å². The Bertz CT molecular complexity index is 500. The summed E-state index contributed by atoms with van der Waals surface area (Å²) in [5.41, 5.74) is 0.359.